The maximum Gasteiger partial charge on any atom is 0.166 e. The maximum absolute atomic E-state index is 4.53. The molecule has 0 spiro atoms. The highest BCUT2D eigenvalue weighted by Crippen LogP contribution is 2.26. The molecule has 0 saturated carbocycles. The van der Waals surface area contributed by atoms with E-state index in [1.165, 1.54) is 0 Å². The number of hydrogen-bond acceptors (Lipinski definition) is 6. The van der Waals surface area contributed by atoms with Gasteiger partial charge in [0.1, 0.15) is 5.69 Å². The lowest BCUT2D eigenvalue weighted by Crippen LogP contribution is -2.29. The largest absolute Gasteiger partial charge is 0.317 e. The fraction of sp³-hybridized carbons (Fsp3) is 0.263. The second-order valence-electron chi connectivity index (χ2n) is 6.61. The fourth-order valence-electron chi connectivity index (χ4n) is 3.50. The van der Waals surface area contributed by atoms with Crippen molar-refractivity contribution >= 4 is 23.7 Å². The van der Waals surface area contributed by atoms with Crippen LogP contribution in [0.3, 0.4) is 0 Å². The summed E-state index contributed by atoms with van der Waals surface area (Å²) in [5.41, 5.74) is 5.75. The predicted octanol–water partition coefficient (Wildman–Crippen LogP) is 3.60. The third-order valence-electron chi connectivity index (χ3n) is 4.92. The van der Waals surface area contributed by atoms with Crippen LogP contribution in [0, 0.1) is 0 Å². The van der Waals surface area contributed by atoms with Crippen molar-refractivity contribution in [2.24, 2.45) is 0 Å². The standard InChI is InChI=1S/C19H19N7S.ClH/c1-2-14(18-12-27-13-22-18)10-16(3-1)25-9-8-21-19(25)17-11-26(24-23-17)15-4-6-20-7-5-15;/h1-3,8-13,15,20H,4-7H2;1H. The molecule has 0 bridgehead atoms. The molecule has 4 aromatic rings. The summed E-state index contributed by atoms with van der Waals surface area (Å²) in [7, 11) is 0. The minimum absolute atomic E-state index is 0. The number of imidazole rings is 1. The molecule has 1 N–H and O–H groups in total. The Labute approximate surface area is 172 Å². The molecule has 1 aromatic carbocycles. The number of benzene rings is 1. The Hall–Kier alpha value is -2.55. The molecule has 4 heterocycles. The van der Waals surface area contributed by atoms with Crippen LogP contribution in [0.4, 0.5) is 0 Å². The lowest BCUT2D eigenvalue weighted by Gasteiger charge is -2.22. The second-order valence-corrected chi connectivity index (χ2v) is 7.33. The van der Waals surface area contributed by atoms with Crippen LogP contribution >= 0.6 is 23.7 Å². The van der Waals surface area contributed by atoms with Crippen LogP contribution in [0.1, 0.15) is 18.9 Å². The molecule has 3 aromatic heterocycles. The third-order valence-corrected chi connectivity index (χ3v) is 5.50. The topological polar surface area (TPSA) is 73.5 Å². The smallest absolute Gasteiger partial charge is 0.166 e. The number of rotatable bonds is 4. The van der Waals surface area contributed by atoms with E-state index in [0.717, 1.165) is 54.4 Å². The second kappa shape index (κ2) is 8.22. The number of nitrogens with one attached hydrogen (secondary N) is 1. The normalized spacial score (nSPS) is 14.7. The number of halogens is 1. The summed E-state index contributed by atoms with van der Waals surface area (Å²) in [5.74, 6) is 0.797. The number of piperidine rings is 1. The van der Waals surface area contributed by atoms with Crippen LogP contribution in [0.5, 0.6) is 0 Å². The summed E-state index contributed by atoms with van der Waals surface area (Å²) in [6.07, 6.45) is 7.92. The van der Waals surface area contributed by atoms with E-state index in [-0.39, 0.29) is 12.4 Å². The molecule has 28 heavy (non-hydrogen) atoms. The van der Waals surface area contributed by atoms with Crippen molar-refractivity contribution in [2.45, 2.75) is 18.9 Å². The van der Waals surface area contributed by atoms with Crippen molar-refractivity contribution in [1.82, 2.24) is 34.8 Å². The molecule has 144 valence electrons. The predicted molar refractivity (Wildman–Crippen MR) is 112 cm³/mol. The summed E-state index contributed by atoms with van der Waals surface area (Å²) in [6, 6.07) is 8.71. The van der Waals surface area contributed by atoms with E-state index in [9.17, 15) is 0 Å². The summed E-state index contributed by atoms with van der Waals surface area (Å²) >= 11 is 1.60. The van der Waals surface area contributed by atoms with Gasteiger partial charge in [0, 0.05) is 29.0 Å². The van der Waals surface area contributed by atoms with E-state index in [1.807, 2.05) is 33.2 Å². The first kappa shape index (κ1) is 18.8. The van der Waals surface area contributed by atoms with E-state index in [0.29, 0.717) is 6.04 Å². The molecule has 0 radical (unpaired) electrons. The van der Waals surface area contributed by atoms with Gasteiger partial charge in [-0.1, -0.05) is 17.3 Å². The molecule has 7 nitrogen and oxygen atoms in total. The van der Waals surface area contributed by atoms with E-state index in [1.54, 1.807) is 17.5 Å². The van der Waals surface area contributed by atoms with E-state index >= 15 is 0 Å². The van der Waals surface area contributed by atoms with E-state index in [2.05, 4.69) is 49.2 Å². The molecule has 1 fully saturated rings. The van der Waals surface area contributed by atoms with Gasteiger partial charge >= 0.3 is 0 Å². The van der Waals surface area contributed by atoms with Crippen molar-refractivity contribution in [3.8, 4) is 28.5 Å². The van der Waals surface area contributed by atoms with Crippen molar-refractivity contribution < 1.29 is 0 Å². The summed E-state index contributed by atoms with van der Waals surface area (Å²) in [4.78, 5) is 8.94. The molecule has 0 amide bonds. The van der Waals surface area contributed by atoms with Gasteiger partial charge in [-0.3, -0.25) is 4.57 Å². The van der Waals surface area contributed by atoms with Gasteiger partial charge < -0.3 is 5.32 Å². The van der Waals surface area contributed by atoms with Crippen LogP contribution in [-0.2, 0) is 0 Å². The minimum Gasteiger partial charge on any atom is -0.317 e. The van der Waals surface area contributed by atoms with Gasteiger partial charge in [0.25, 0.3) is 0 Å². The lowest BCUT2D eigenvalue weighted by atomic mass is 10.1. The molecule has 9 heteroatoms. The Bertz CT molecular complexity index is 1030. The third kappa shape index (κ3) is 3.58. The van der Waals surface area contributed by atoms with Gasteiger partial charge in [0.2, 0.25) is 0 Å². The monoisotopic (exact) mass is 413 g/mol. The average Bonchev–Trinajstić information content (AvgIpc) is 3.50. The molecule has 1 aliphatic heterocycles. The molecule has 0 unspecified atom stereocenters. The Balaban J connectivity index is 0.00000192. The first-order valence-corrected chi connectivity index (χ1v) is 9.98. The van der Waals surface area contributed by atoms with Gasteiger partial charge in [-0.25, -0.2) is 14.6 Å². The number of thiazole rings is 1. The minimum atomic E-state index is 0. The summed E-state index contributed by atoms with van der Waals surface area (Å²) < 4.78 is 4.04. The van der Waals surface area contributed by atoms with Crippen LogP contribution in [0.15, 0.2) is 53.7 Å². The first-order chi connectivity index (χ1) is 13.4. The highest BCUT2D eigenvalue weighted by molar-refractivity contribution is 7.07. The van der Waals surface area contributed by atoms with Crippen molar-refractivity contribution in [3.05, 3.63) is 53.7 Å². The van der Waals surface area contributed by atoms with Gasteiger partial charge in [-0.15, -0.1) is 28.8 Å². The molecule has 1 saturated heterocycles. The van der Waals surface area contributed by atoms with Crippen molar-refractivity contribution in [3.63, 3.8) is 0 Å². The Morgan fingerprint density at radius 3 is 2.82 bits per heavy atom. The Morgan fingerprint density at radius 2 is 2.00 bits per heavy atom. The average molecular weight is 414 g/mol. The Kier molecular flexibility index (Phi) is 5.52. The first-order valence-electron chi connectivity index (χ1n) is 9.04. The molecular weight excluding hydrogens is 394 g/mol. The van der Waals surface area contributed by atoms with E-state index in [4.69, 9.17) is 0 Å². The van der Waals surface area contributed by atoms with Crippen LogP contribution in [0.25, 0.3) is 28.5 Å². The van der Waals surface area contributed by atoms with Gasteiger partial charge in [-0.2, -0.15) is 0 Å². The molecule has 0 aliphatic carbocycles. The SMILES string of the molecule is Cl.c1cc(-c2cscn2)cc(-n2ccnc2-c2cn(C3CCNCC3)nn2)c1. The number of nitrogens with zero attached hydrogens (tertiary/aromatic N) is 6. The zero-order valence-corrected chi connectivity index (χ0v) is 16.7. The zero-order valence-electron chi connectivity index (χ0n) is 15.1. The quantitative estimate of drug-likeness (QED) is 0.553. The van der Waals surface area contributed by atoms with E-state index < -0.39 is 0 Å². The molecule has 5 rings (SSSR count). The summed E-state index contributed by atoms with van der Waals surface area (Å²) in [6.45, 7) is 2.05. The van der Waals surface area contributed by atoms with Crippen LogP contribution in [0.2, 0.25) is 0 Å². The van der Waals surface area contributed by atoms with Gasteiger partial charge in [0.15, 0.2) is 5.82 Å². The zero-order chi connectivity index (χ0) is 18.1. The maximum atomic E-state index is 4.53. The van der Waals surface area contributed by atoms with Crippen LogP contribution < -0.4 is 5.32 Å². The van der Waals surface area contributed by atoms with Crippen molar-refractivity contribution in [2.75, 3.05) is 13.1 Å². The lowest BCUT2D eigenvalue weighted by molar-refractivity contribution is 0.337. The number of hydrogen-bond donors (Lipinski definition) is 1. The summed E-state index contributed by atoms with van der Waals surface area (Å²) in [5, 5.41) is 14.2. The number of aromatic nitrogens is 6. The molecule has 1 aliphatic rings. The highest BCUT2D eigenvalue weighted by Gasteiger charge is 2.19. The fourth-order valence-corrected chi connectivity index (χ4v) is 4.06. The van der Waals surface area contributed by atoms with Crippen molar-refractivity contribution in [1.29, 1.82) is 0 Å². The van der Waals surface area contributed by atoms with Gasteiger partial charge in [0.05, 0.1) is 23.4 Å². The molecule has 0 atom stereocenters. The molecular formula is C19H20ClN7S. The Morgan fingerprint density at radius 1 is 1.11 bits per heavy atom. The highest BCUT2D eigenvalue weighted by atomic mass is 35.5. The van der Waals surface area contributed by atoms with Gasteiger partial charge in [-0.05, 0) is 38.1 Å². The van der Waals surface area contributed by atoms with Crippen LogP contribution in [-0.4, -0.2) is 42.6 Å².